The number of aromatic nitrogens is 2. The molecular formula is C14H10ClIN2OS. The molecule has 2 aromatic carbocycles. The van der Waals surface area contributed by atoms with Gasteiger partial charge in [-0.15, -0.1) is 0 Å². The molecule has 0 unspecified atom stereocenters. The molecule has 1 heterocycles. The maximum atomic E-state index is 6.35. The number of hydrogen-bond acceptors (Lipinski definition) is 2. The zero-order chi connectivity index (χ0) is 14.3. The van der Waals surface area contributed by atoms with Crippen LogP contribution in [0.15, 0.2) is 36.4 Å². The van der Waals surface area contributed by atoms with E-state index in [9.17, 15) is 0 Å². The van der Waals surface area contributed by atoms with Crippen LogP contribution in [-0.2, 0) is 0 Å². The van der Waals surface area contributed by atoms with Crippen molar-refractivity contribution in [1.82, 2.24) is 9.55 Å². The Balaban J connectivity index is 2.37. The smallest absolute Gasteiger partial charge is 0.182 e. The highest BCUT2D eigenvalue weighted by Crippen LogP contribution is 2.30. The number of ether oxygens (including phenoxy) is 1. The van der Waals surface area contributed by atoms with E-state index in [0.717, 1.165) is 26.0 Å². The molecule has 3 aromatic rings. The summed E-state index contributed by atoms with van der Waals surface area (Å²) in [4.78, 5) is 3.18. The van der Waals surface area contributed by atoms with Gasteiger partial charge in [0, 0.05) is 3.57 Å². The van der Waals surface area contributed by atoms with E-state index in [4.69, 9.17) is 28.6 Å². The highest BCUT2D eigenvalue weighted by molar-refractivity contribution is 14.1. The van der Waals surface area contributed by atoms with E-state index in [1.54, 1.807) is 7.11 Å². The molecule has 3 rings (SSSR count). The molecule has 0 aliphatic carbocycles. The maximum Gasteiger partial charge on any atom is 0.182 e. The zero-order valence-corrected chi connectivity index (χ0v) is 14.2. The van der Waals surface area contributed by atoms with Gasteiger partial charge < -0.3 is 9.72 Å². The van der Waals surface area contributed by atoms with Crippen molar-refractivity contribution in [3.05, 3.63) is 49.8 Å². The summed E-state index contributed by atoms with van der Waals surface area (Å²) in [6.45, 7) is 0. The minimum absolute atomic E-state index is 0.590. The van der Waals surface area contributed by atoms with E-state index >= 15 is 0 Å². The SMILES string of the molecule is COc1cccc2c1[nH]c(=S)n2-c1ccc(I)cc1Cl. The average Bonchev–Trinajstić information content (AvgIpc) is 2.75. The first kappa shape index (κ1) is 13.9. The lowest BCUT2D eigenvalue weighted by atomic mass is 10.2. The lowest BCUT2D eigenvalue weighted by Gasteiger charge is -2.08. The van der Waals surface area contributed by atoms with E-state index in [1.165, 1.54) is 0 Å². The van der Waals surface area contributed by atoms with Crippen LogP contribution in [0, 0.1) is 8.34 Å². The molecule has 0 saturated carbocycles. The molecule has 6 heteroatoms. The normalized spacial score (nSPS) is 10.9. The van der Waals surface area contributed by atoms with Gasteiger partial charge >= 0.3 is 0 Å². The Morgan fingerprint density at radius 3 is 2.80 bits per heavy atom. The van der Waals surface area contributed by atoms with Crippen molar-refractivity contribution in [3.63, 3.8) is 0 Å². The fourth-order valence-electron chi connectivity index (χ4n) is 2.18. The fourth-order valence-corrected chi connectivity index (χ4v) is 3.41. The molecule has 0 aliphatic rings. The number of fused-ring (bicyclic) bond motifs is 1. The number of nitrogens with zero attached hydrogens (tertiary/aromatic N) is 1. The number of para-hydroxylation sites is 1. The van der Waals surface area contributed by atoms with E-state index in [1.807, 2.05) is 41.0 Å². The second-order valence-electron chi connectivity index (χ2n) is 4.22. The highest BCUT2D eigenvalue weighted by atomic mass is 127. The number of hydrogen-bond donors (Lipinski definition) is 1. The number of rotatable bonds is 2. The Morgan fingerprint density at radius 1 is 1.30 bits per heavy atom. The van der Waals surface area contributed by atoms with Crippen LogP contribution >= 0.6 is 46.4 Å². The predicted octanol–water partition coefficient (Wildman–Crippen LogP) is 4.95. The molecule has 20 heavy (non-hydrogen) atoms. The third-order valence-electron chi connectivity index (χ3n) is 3.05. The van der Waals surface area contributed by atoms with Gasteiger partial charge in [0.15, 0.2) is 4.77 Å². The van der Waals surface area contributed by atoms with Crippen LogP contribution in [-0.4, -0.2) is 16.7 Å². The summed E-state index contributed by atoms with van der Waals surface area (Å²) in [7, 11) is 1.64. The van der Waals surface area contributed by atoms with E-state index in [0.29, 0.717) is 9.79 Å². The molecular weight excluding hydrogens is 407 g/mol. The standard InChI is InChI=1S/C14H10ClIN2OS/c1-19-12-4-2-3-11-13(12)17-14(20)18(11)10-6-5-8(16)7-9(10)15/h2-7H,1H3,(H,17,20). The summed E-state index contributed by atoms with van der Waals surface area (Å²) in [6, 6.07) is 11.7. The number of H-pyrrole nitrogens is 1. The highest BCUT2D eigenvalue weighted by Gasteiger charge is 2.12. The van der Waals surface area contributed by atoms with Gasteiger partial charge in [-0.3, -0.25) is 4.57 Å². The molecule has 0 fully saturated rings. The van der Waals surface area contributed by atoms with Crippen molar-refractivity contribution in [2.45, 2.75) is 0 Å². The van der Waals surface area contributed by atoms with Gasteiger partial charge in [0.2, 0.25) is 0 Å². The van der Waals surface area contributed by atoms with E-state index in [2.05, 4.69) is 27.6 Å². The van der Waals surface area contributed by atoms with Crippen LogP contribution in [0.1, 0.15) is 0 Å². The van der Waals surface area contributed by atoms with Crippen LogP contribution in [0.5, 0.6) is 5.75 Å². The van der Waals surface area contributed by atoms with E-state index in [-0.39, 0.29) is 0 Å². The molecule has 0 amide bonds. The fraction of sp³-hybridized carbons (Fsp3) is 0.0714. The molecule has 0 radical (unpaired) electrons. The predicted molar refractivity (Wildman–Crippen MR) is 92.7 cm³/mol. The van der Waals surface area contributed by atoms with Gasteiger partial charge in [0.05, 0.1) is 23.3 Å². The number of benzene rings is 2. The quantitative estimate of drug-likeness (QED) is 0.473. The second-order valence-corrected chi connectivity index (χ2v) is 6.26. The summed E-state index contributed by atoms with van der Waals surface area (Å²) in [5, 5.41) is 0.664. The molecule has 0 spiro atoms. The van der Waals surface area contributed by atoms with Crippen molar-refractivity contribution in [2.75, 3.05) is 7.11 Å². The largest absolute Gasteiger partial charge is 0.494 e. The first-order valence-electron chi connectivity index (χ1n) is 5.85. The minimum Gasteiger partial charge on any atom is -0.494 e. The van der Waals surface area contributed by atoms with Gasteiger partial charge in [-0.25, -0.2) is 0 Å². The van der Waals surface area contributed by atoms with Crippen LogP contribution in [0.3, 0.4) is 0 Å². The maximum absolute atomic E-state index is 6.35. The van der Waals surface area contributed by atoms with Crippen molar-refractivity contribution in [3.8, 4) is 11.4 Å². The number of nitrogens with one attached hydrogen (secondary N) is 1. The topological polar surface area (TPSA) is 29.9 Å². The third kappa shape index (κ3) is 2.23. The second kappa shape index (κ2) is 5.38. The molecule has 0 aliphatic heterocycles. The summed E-state index contributed by atoms with van der Waals surface area (Å²) in [6.07, 6.45) is 0. The van der Waals surface area contributed by atoms with Gasteiger partial charge in [-0.1, -0.05) is 17.7 Å². The molecule has 102 valence electrons. The first-order valence-corrected chi connectivity index (χ1v) is 7.71. The number of imidazole rings is 1. The van der Waals surface area contributed by atoms with Gasteiger partial charge in [-0.05, 0) is 65.1 Å². The summed E-state index contributed by atoms with van der Waals surface area (Å²) in [5.41, 5.74) is 2.67. The van der Waals surface area contributed by atoms with Gasteiger partial charge in [0.25, 0.3) is 0 Å². The number of aromatic amines is 1. The first-order chi connectivity index (χ1) is 9.61. The Labute approximate surface area is 139 Å². The van der Waals surface area contributed by atoms with Crippen molar-refractivity contribution in [1.29, 1.82) is 0 Å². The molecule has 0 saturated heterocycles. The minimum atomic E-state index is 0.590. The van der Waals surface area contributed by atoms with Gasteiger partial charge in [0.1, 0.15) is 11.3 Å². The molecule has 0 bridgehead atoms. The summed E-state index contributed by atoms with van der Waals surface area (Å²) in [5.74, 6) is 0.758. The van der Waals surface area contributed by atoms with Crippen molar-refractivity contribution < 1.29 is 4.74 Å². The number of halogens is 2. The summed E-state index contributed by atoms with van der Waals surface area (Å²) < 4.78 is 8.95. The molecule has 1 aromatic heterocycles. The average molecular weight is 417 g/mol. The Kier molecular flexibility index (Phi) is 3.74. The van der Waals surface area contributed by atoms with Crippen molar-refractivity contribution >= 4 is 57.4 Å². The Bertz CT molecular complexity index is 856. The van der Waals surface area contributed by atoms with Gasteiger partial charge in [-0.2, -0.15) is 0 Å². The molecule has 1 N–H and O–H groups in total. The van der Waals surface area contributed by atoms with Crippen LogP contribution in [0.2, 0.25) is 5.02 Å². The Hall–Kier alpha value is -1.05. The lowest BCUT2D eigenvalue weighted by molar-refractivity contribution is 0.419. The van der Waals surface area contributed by atoms with E-state index < -0.39 is 0 Å². The molecule has 0 atom stereocenters. The molecule has 3 nitrogen and oxygen atoms in total. The van der Waals surface area contributed by atoms with Crippen molar-refractivity contribution in [2.24, 2.45) is 0 Å². The number of methoxy groups -OCH3 is 1. The Morgan fingerprint density at radius 2 is 2.10 bits per heavy atom. The third-order valence-corrected chi connectivity index (χ3v) is 4.31. The lowest BCUT2D eigenvalue weighted by Crippen LogP contribution is -1.95. The van der Waals surface area contributed by atoms with Crippen LogP contribution < -0.4 is 4.74 Å². The summed E-state index contributed by atoms with van der Waals surface area (Å²) >= 11 is 14.0. The van der Waals surface area contributed by atoms with Crippen LogP contribution in [0.25, 0.3) is 16.7 Å². The zero-order valence-electron chi connectivity index (χ0n) is 10.5. The monoisotopic (exact) mass is 416 g/mol. The van der Waals surface area contributed by atoms with Crippen LogP contribution in [0.4, 0.5) is 0 Å².